The summed E-state index contributed by atoms with van der Waals surface area (Å²) in [5.41, 5.74) is 2.40. The third-order valence-corrected chi connectivity index (χ3v) is 4.39. The standard InChI is InChI=1S/C24H34N4O3/c1-5-25-23(30)19-12-10-18(11-13-19)15-27-24(26-6-2)28-16-22(29)20-8-7-9-21(14-20)31-17(3)4/h7-14,17,22,29H,5-6,15-16H2,1-4H3,(H,25,30)(H2,26,27,28). The molecule has 168 valence electrons. The molecule has 31 heavy (non-hydrogen) atoms. The van der Waals surface area contributed by atoms with Gasteiger partial charge in [-0.1, -0.05) is 24.3 Å². The number of aliphatic hydroxyl groups is 1. The number of amides is 1. The molecule has 0 saturated carbocycles. The van der Waals surface area contributed by atoms with Crippen molar-refractivity contribution < 1.29 is 14.6 Å². The summed E-state index contributed by atoms with van der Waals surface area (Å²) < 4.78 is 5.70. The third-order valence-electron chi connectivity index (χ3n) is 4.39. The van der Waals surface area contributed by atoms with E-state index in [1.807, 2.05) is 64.1 Å². The van der Waals surface area contributed by atoms with Crippen LogP contribution in [0.25, 0.3) is 0 Å². The van der Waals surface area contributed by atoms with Crippen molar-refractivity contribution >= 4 is 11.9 Å². The molecule has 0 aliphatic carbocycles. The molecule has 1 amide bonds. The molecule has 2 aromatic rings. The van der Waals surface area contributed by atoms with Crippen LogP contribution in [0.5, 0.6) is 5.75 Å². The van der Waals surface area contributed by atoms with Crippen molar-refractivity contribution in [3.8, 4) is 5.75 Å². The van der Waals surface area contributed by atoms with E-state index in [0.29, 0.717) is 37.7 Å². The first kappa shape index (κ1) is 24.2. The Hall–Kier alpha value is -3.06. The van der Waals surface area contributed by atoms with Crippen LogP contribution in [0.1, 0.15) is 55.3 Å². The highest BCUT2D eigenvalue weighted by Crippen LogP contribution is 2.20. The van der Waals surface area contributed by atoms with E-state index in [0.717, 1.165) is 16.9 Å². The average molecular weight is 427 g/mol. The first-order valence-electron chi connectivity index (χ1n) is 10.8. The van der Waals surface area contributed by atoms with Gasteiger partial charge in [0, 0.05) is 25.2 Å². The second-order valence-electron chi connectivity index (χ2n) is 7.39. The molecule has 2 rings (SSSR count). The van der Waals surface area contributed by atoms with Gasteiger partial charge in [-0.15, -0.1) is 0 Å². The van der Waals surface area contributed by atoms with E-state index in [9.17, 15) is 9.90 Å². The van der Waals surface area contributed by atoms with E-state index in [1.54, 1.807) is 12.1 Å². The highest BCUT2D eigenvalue weighted by atomic mass is 16.5. The quantitative estimate of drug-likeness (QED) is 0.346. The average Bonchev–Trinajstić information content (AvgIpc) is 2.75. The van der Waals surface area contributed by atoms with Gasteiger partial charge in [0.05, 0.1) is 18.8 Å². The number of hydrogen-bond donors (Lipinski definition) is 4. The van der Waals surface area contributed by atoms with Crippen LogP contribution in [-0.2, 0) is 6.54 Å². The number of aliphatic hydroxyl groups excluding tert-OH is 1. The number of aliphatic imine (C=N–C) groups is 1. The van der Waals surface area contributed by atoms with Crippen LogP contribution in [0.4, 0.5) is 0 Å². The van der Waals surface area contributed by atoms with Crippen LogP contribution in [0.2, 0.25) is 0 Å². The summed E-state index contributed by atoms with van der Waals surface area (Å²) in [6.45, 7) is 9.89. The minimum Gasteiger partial charge on any atom is -0.491 e. The number of nitrogens with zero attached hydrogens (tertiary/aromatic N) is 1. The van der Waals surface area contributed by atoms with Crippen LogP contribution in [0.3, 0.4) is 0 Å². The largest absolute Gasteiger partial charge is 0.491 e. The van der Waals surface area contributed by atoms with Gasteiger partial charge in [0.2, 0.25) is 0 Å². The van der Waals surface area contributed by atoms with Crippen molar-refractivity contribution in [2.24, 2.45) is 4.99 Å². The van der Waals surface area contributed by atoms with E-state index in [-0.39, 0.29) is 12.0 Å². The molecule has 0 saturated heterocycles. The molecule has 0 fully saturated rings. The van der Waals surface area contributed by atoms with Gasteiger partial charge in [0.15, 0.2) is 5.96 Å². The Bertz CT molecular complexity index is 850. The monoisotopic (exact) mass is 426 g/mol. The van der Waals surface area contributed by atoms with Crippen LogP contribution < -0.4 is 20.7 Å². The van der Waals surface area contributed by atoms with Crippen LogP contribution in [0, 0.1) is 0 Å². The zero-order valence-corrected chi connectivity index (χ0v) is 18.8. The molecule has 1 atom stereocenters. The normalized spacial score (nSPS) is 12.4. The molecule has 7 heteroatoms. The Morgan fingerprint density at radius 2 is 1.74 bits per heavy atom. The molecule has 0 aliphatic rings. The zero-order valence-electron chi connectivity index (χ0n) is 18.8. The molecule has 2 aromatic carbocycles. The van der Waals surface area contributed by atoms with Gasteiger partial charge in [-0.05, 0) is 63.1 Å². The van der Waals surface area contributed by atoms with Gasteiger partial charge in [0.25, 0.3) is 5.91 Å². The summed E-state index contributed by atoms with van der Waals surface area (Å²) >= 11 is 0. The van der Waals surface area contributed by atoms with Crippen molar-refractivity contribution in [3.63, 3.8) is 0 Å². The number of nitrogens with one attached hydrogen (secondary N) is 3. The SMILES string of the molecule is CCNC(=O)c1ccc(CN=C(NCC)NCC(O)c2cccc(OC(C)C)c2)cc1. The van der Waals surface area contributed by atoms with Crippen molar-refractivity contribution in [1.82, 2.24) is 16.0 Å². The summed E-state index contributed by atoms with van der Waals surface area (Å²) in [6.07, 6.45) is -0.621. The Labute approximate surface area is 184 Å². The lowest BCUT2D eigenvalue weighted by Gasteiger charge is -2.17. The van der Waals surface area contributed by atoms with Crippen molar-refractivity contribution in [2.75, 3.05) is 19.6 Å². The minimum absolute atomic E-state index is 0.0769. The molecule has 0 aliphatic heterocycles. The van der Waals surface area contributed by atoms with Crippen molar-refractivity contribution in [2.45, 2.75) is 46.4 Å². The molecule has 0 radical (unpaired) electrons. The molecule has 7 nitrogen and oxygen atoms in total. The van der Waals surface area contributed by atoms with E-state index in [1.165, 1.54) is 0 Å². The Balaban J connectivity index is 1.96. The van der Waals surface area contributed by atoms with Gasteiger partial charge in [-0.3, -0.25) is 4.79 Å². The maximum atomic E-state index is 11.9. The van der Waals surface area contributed by atoms with Gasteiger partial charge in [-0.2, -0.15) is 0 Å². The smallest absolute Gasteiger partial charge is 0.251 e. The zero-order chi connectivity index (χ0) is 22.6. The Morgan fingerprint density at radius 3 is 2.39 bits per heavy atom. The van der Waals surface area contributed by atoms with Crippen LogP contribution >= 0.6 is 0 Å². The van der Waals surface area contributed by atoms with Crippen LogP contribution in [-0.4, -0.2) is 42.7 Å². The molecule has 0 aromatic heterocycles. The highest BCUT2D eigenvalue weighted by molar-refractivity contribution is 5.94. The third kappa shape index (κ3) is 8.30. The van der Waals surface area contributed by atoms with Crippen molar-refractivity contribution in [3.05, 3.63) is 65.2 Å². The van der Waals surface area contributed by atoms with Gasteiger partial charge >= 0.3 is 0 Å². The Kier molecular flexibility index (Phi) is 9.84. The number of benzene rings is 2. The van der Waals surface area contributed by atoms with E-state index >= 15 is 0 Å². The second-order valence-corrected chi connectivity index (χ2v) is 7.39. The number of ether oxygens (including phenoxy) is 1. The molecule has 4 N–H and O–H groups in total. The molecule has 0 bridgehead atoms. The number of rotatable bonds is 10. The highest BCUT2D eigenvalue weighted by Gasteiger charge is 2.10. The lowest BCUT2D eigenvalue weighted by atomic mass is 10.1. The summed E-state index contributed by atoms with van der Waals surface area (Å²) in [5.74, 6) is 1.27. The summed E-state index contributed by atoms with van der Waals surface area (Å²) in [7, 11) is 0. The van der Waals surface area contributed by atoms with Gasteiger partial charge in [0.1, 0.15) is 5.75 Å². The lowest BCUT2D eigenvalue weighted by Crippen LogP contribution is -2.39. The molecule has 1 unspecified atom stereocenters. The second kappa shape index (κ2) is 12.6. The first-order valence-corrected chi connectivity index (χ1v) is 10.8. The fourth-order valence-corrected chi connectivity index (χ4v) is 2.91. The van der Waals surface area contributed by atoms with Gasteiger partial charge < -0.3 is 25.8 Å². The lowest BCUT2D eigenvalue weighted by molar-refractivity contribution is 0.0956. The molecule has 0 heterocycles. The molecular formula is C24H34N4O3. The van der Waals surface area contributed by atoms with Crippen LogP contribution in [0.15, 0.2) is 53.5 Å². The number of guanidine groups is 1. The predicted molar refractivity (Wildman–Crippen MR) is 124 cm³/mol. The molecule has 0 spiro atoms. The number of hydrogen-bond acceptors (Lipinski definition) is 4. The van der Waals surface area contributed by atoms with E-state index in [2.05, 4.69) is 20.9 Å². The fraction of sp³-hybridized carbons (Fsp3) is 0.417. The van der Waals surface area contributed by atoms with E-state index in [4.69, 9.17) is 4.74 Å². The van der Waals surface area contributed by atoms with Gasteiger partial charge in [-0.25, -0.2) is 4.99 Å². The maximum absolute atomic E-state index is 11.9. The first-order chi connectivity index (χ1) is 14.9. The van der Waals surface area contributed by atoms with E-state index < -0.39 is 6.10 Å². The topological polar surface area (TPSA) is 95.0 Å². The Morgan fingerprint density at radius 1 is 1.03 bits per heavy atom. The number of carbonyl (C=O) groups is 1. The molecular weight excluding hydrogens is 392 g/mol. The maximum Gasteiger partial charge on any atom is 0.251 e. The summed E-state index contributed by atoms with van der Waals surface area (Å²) in [4.78, 5) is 16.4. The fourth-order valence-electron chi connectivity index (χ4n) is 2.91. The summed E-state index contributed by atoms with van der Waals surface area (Å²) in [6, 6.07) is 14.9. The van der Waals surface area contributed by atoms with Crippen molar-refractivity contribution in [1.29, 1.82) is 0 Å². The number of carbonyl (C=O) groups excluding carboxylic acids is 1. The minimum atomic E-state index is -0.698. The summed E-state index contributed by atoms with van der Waals surface area (Å²) in [5, 5.41) is 19.7. The predicted octanol–water partition coefficient (Wildman–Crippen LogP) is 3.01.